The molecule has 142 valence electrons. The number of carbonyl (C=O) groups is 1. The smallest absolute Gasteiger partial charge is 0.275 e. The summed E-state index contributed by atoms with van der Waals surface area (Å²) >= 11 is 1.04. The number of pyridine rings is 1. The van der Waals surface area contributed by atoms with Crippen LogP contribution in [0.4, 0.5) is 5.69 Å². The highest BCUT2D eigenvalue weighted by Gasteiger charge is 2.25. The molecule has 3 aromatic heterocycles. The third-order valence-corrected chi connectivity index (χ3v) is 7.57. The van der Waals surface area contributed by atoms with Crippen molar-refractivity contribution in [2.24, 2.45) is 0 Å². The van der Waals surface area contributed by atoms with Gasteiger partial charge < -0.3 is 4.90 Å². The molecule has 1 amide bonds. The van der Waals surface area contributed by atoms with Gasteiger partial charge in [0.15, 0.2) is 4.21 Å². The van der Waals surface area contributed by atoms with Crippen molar-refractivity contribution >= 4 is 38.5 Å². The van der Waals surface area contributed by atoms with Crippen LogP contribution in [-0.4, -0.2) is 42.0 Å². The van der Waals surface area contributed by atoms with Crippen LogP contribution in [0.3, 0.4) is 0 Å². The third-order valence-electron chi connectivity index (χ3n) is 4.55. The normalized spacial score (nSPS) is 14.8. The molecule has 27 heavy (non-hydrogen) atoms. The molecular formula is C17H19N5O3S2. The molecule has 0 radical (unpaired) electrons. The molecule has 0 bridgehead atoms. The third kappa shape index (κ3) is 3.30. The average molecular weight is 406 g/mol. The Labute approximate surface area is 160 Å². The van der Waals surface area contributed by atoms with E-state index in [9.17, 15) is 13.2 Å². The van der Waals surface area contributed by atoms with Gasteiger partial charge in [-0.3, -0.25) is 4.79 Å². The Morgan fingerprint density at radius 3 is 2.67 bits per heavy atom. The van der Waals surface area contributed by atoms with Gasteiger partial charge in [0.25, 0.3) is 15.9 Å². The summed E-state index contributed by atoms with van der Waals surface area (Å²) in [6, 6.07) is 3.83. The minimum atomic E-state index is -3.98. The van der Waals surface area contributed by atoms with Gasteiger partial charge in [-0.05, 0) is 38.8 Å². The summed E-state index contributed by atoms with van der Waals surface area (Å²) in [5.74, 6) is -0.700. The quantitative estimate of drug-likeness (QED) is 0.714. The van der Waals surface area contributed by atoms with E-state index in [0.29, 0.717) is 16.2 Å². The van der Waals surface area contributed by atoms with E-state index in [2.05, 4.69) is 19.7 Å². The molecule has 0 saturated carbocycles. The van der Waals surface area contributed by atoms with E-state index in [0.717, 1.165) is 43.0 Å². The number of carbonyl (C=O) groups excluding carboxylic acids is 1. The van der Waals surface area contributed by atoms with Crippen LogP contribution in [0.5, 0.6) is 0 Å². The molecule has 4 rings (SSSR count). The second-order valence-electron chi connectivity index (χ2n) is 6.51. The van der Waals surface area contributed by atoms with Crippen LogP contribution < -0.4 is 9.62 Å². The van der Waals surface area contributed by atoms with Crippen LogP contribution in [-0.2, 0) is 10.0 Å². The first-order chi connectivity index (χ1) is 12.8. The number of anilines is 1. The number of rotatable bonds is 4. The molecule has 4 heterocycles. The van der Waals surface area contributed by atoms with E-state index >= 15 is 0 Å². The maximum atomic E-state index is 12.7. The second-order valence-corrected chi connectivity index (χ2v) is 9.59. The molecule has 1 aliphatic rings. The van der Waals surface area contributed by atoms with Gasteiger partial charge in [0.1, 0.15) is 0 Å². The van der Waals surface area contributed by atoms with E-state index in [1.807, 2.05) is 12.1 Å². The summed E-state index contributed by atoms with van der Waals surface area (Å²) in [6.45, 7) is 5.29. The zero-order valence-corrected chi connectivity index (χ0v) is 16.6. The Balaban J connectivity index is 1.66. The van der Waals surface area contributed by atoms with Gasteiger partial charge in [-0.1, -0.05) is 0 Å². The van der Waals surface area contributed by atoms with Crippen molar-refractivity contribution in [3.05, 3.63) is 40.8 Å². The van der Waals surface area contributed by atoms with Crippen molar-refractivity contribution in [1.29, 1.82) is 0 Å². The van der Waals surface area contributed by atoms with Crippen LogP contribution in [0.15, 0.2) is 28.7 Å². The summed E-state index contributed by atoms with van der Waals surface area (Å²) in [5, 5.41) is 4.80. The van der Waals surface area contributed by atoms with E-state index in [-0.39, 0.29) is 9.77 Å². The van der Waals surface area contributed by atoms with Gasteiger partial charge in [0.05, 0.1) is 28.0 Å². The summed E-state index contributed by atoms with van der Waals surface area (Å²) in [7, 11) is -3.98. The minimum absolute atomic E-state index is 0.0579. The van der Waals surface area contributed by atoms with Gasteiger partial charge in [0.2, 0.25) is 0 Å². The van der Waals surface area contributed by atoms with Crippen molar-refractivity contribution in [3.63, 3.8) is 0 Å². The van der Waals surface area contributed by atoms with E-state index < -0.39 is 15.9 Å². The largest absolute Gasteiger partial charge is 0.371 e. The molecule has 0 spiro atoms. The van der Waals surface area contributed by atoms with E-state index in [1.165, 1.54) is 6.20 Å². The number of hydrogen-bond donors (Lipinski definition) is 1. The SMILES string of the molecule is Cc1nc(C)c(S(=O)(=O)NC(=O)c2cnn3ccc(N4CCCC4)cc23)s1. The average Bonchev–Trinajstić information content (AvgIpc) is 3.33. The van der Waals surface area contributed by atoms with Crippen molar-refractivity contribution in [3.8, 4) is 0 Å². The first kappa shape index (κ1) is 17.9. The van der Waals surface area contributed by atoms with Crippen molar-refractivity contribution in [2.45, 2.75) is 30.9 Å². The molecule has 10 heteroatoms. The number of amides is 1. The van der Waals surface area contributed by atoms with Gasteiger partial charge in [-0.2, -0.15) is 5.10 Å². The van der Waals surface area contributed by atoms with Crippen molar-refractivity contribution in [1.82, 2.24) is 19.3 Å². The molecule has 0 aromatic carbocycles. The highest BCUT2D eigenvalue weighted by atomic mass is 32.2. The molecule has 1 N–H and O–H groups in total. The topological polar surface area (TPSA) is 96.7 Å². The van der Waals surface area contributed by atoms with Gasteiger partial charge in [-0.25, -0.2) is 22.6 Å². The number of hydrogen-bond acceptors (Lipinski definition) is 7. The van der Waals surface area contributed by atoms with Gasteiger partial charge >= 0.3 is 0 Å². The van der Waals surface area contributed by atoms with Crippen LogP contribution in [0.25, 0.3) is 5.52 Å². The summed E-state index contributed by atoms with van der Waals surface area (Å²) in [6.07, 6.45) is 5.46. The van der Waals surface area contributed by atoms with E-state index in [4.69, 9.17) is 0 Å². The second kappa shape index (κ2) is 6.61. The molecule has 1 fully saturated rings. The number of nitrogens with zero attached hydrogens (tertiary/aromatic N) is 4. The maximum absolute atomic E-state index is 12.7. The number of fused-ring (bicyclic) bond motifs is 1. The Bertz CT molecular complexity index is 1130. The van der Waals surface area contributed by atoms with Crippen LogP contribution in [0, 0.1) is 13.8 Å². The molecule has 3 aromatic rings. The van der Waals surface area contributed by atoms with Crippen LogP contribution in [0.2, 0.25) is 0 Å². The Kier molecular flexibility index (Phi) is 4.39. The standard InChI is InChI=1S/C17H19N5O3S2/c1-11-17(26-12(2)19-11)27(24,25)20-16(23)14-10-18-22-8-5-13(9-15(14)22)21-6-3-4-7-21/h5,8-10H,3-4,6-7H2,1-2H3,(H,20,23). The highest BCUT2D eigenvalue weighted by molar-refractivity contribution is 7.92. The minimum Gasteiger partial charge on any atom is -0.371 e. The molecule has 1 saturated heterocycles. The highest BCUT2D eigenvalue weighted by Crippen LogP contribution is 2.25. The number of thiazole rings is 1. The molecule has 0 aliphatic carbocycles. The molecule has 8 nitrogen and oxygen atoms in total. The molecule has 0 atom stereocenters. The lowest BCUT2D eigenvalue weighted by atomic mass is 10.2. The molecular weight excluding hydrogens is 386 g/mol. The Hall–Kier alpha value is -2.46. The maximum Gasteiger partial charge on any atom is 0.275 e. The molecule has 0 unspecified atom stereocenters. The fourth-order valence-electron chi connectivity index (χ4n) is 3.30. The first-order valence-electron chi connectivity index (χ1n) is 8.59. The number of aromatic nitrogens is 3. The zero-order chi connectivity index (χ0) is 19.2. The zero-order valence-electron chi connectivity index (χ0n) is 15.0. The van der Waals surface area contributed by atoms with Gasteiger partial charge in [0, 0.05) is 25.0 Å². The Morgan fingerprint density at radius 2 is 2.00 bits per heavy atom. The monoisotopic (exact) mass is 405 g/mol. The first-order valence-corrected chi connectivity index (χ1v) is 10.9. The number of nitrogens with one attached hydrogen (secondary N) is 1. The summed E-state index contributed by atoms with van der Waals surface area (Å²) in [5.41, 5.74) is 2.18. The number of aryl methyl sites for hydroxylation is 2. The van der Waals surface area contributed by atoms with Gasteiger partial charge in [-0.15, -0.1) is 11.3 Å². The lowest BCUT2D eigenvalue weighted by molar-refractivity contribution is 0.0983. The number of sulfonamides is 1. The van der Waals surface area contributed by atoms with Crippen LogP contribution >= 0.6 is 11.3 Å². The van der Waals surface area contributed by atoms with Crippen LogP contribution in [0.1, 0.15) is 33.9 Å². The lowest BCUT2D eigenvalue weighted by Crippen LogP contribution is -2.30. The lowest BCUT2D eigenvalue weighted by Gasteiger charge is -2.17. The predicted molar refractivity (Wildman–Crippen MR) is 103 cm³/mol. The fourth-order valence-corrected chi connectivity index (χ4v) is 5.75. The van der Waals surface area contributed by atoms with Crippen molar-refractivity contribution in [2.75, 3.05) is 18.0 Å². The van der Waals surface area contributed by atoms with E-state index in [1.54, 1.807) is 24.6 Å². The molecule has 1 aliphatic heterocycles. The summed E-state index contributed by atoms with van der Waals surface area (Å²) in [4.78, 5) is 19.1. The summed E-state index contributed by atoms with van der Waals surface area (Å²) < 4.78 is 29.0. The predicted octanol–water partition coefficient (Wildman–Crippen LogP) is 2.13. The Morgan fingerprint density at radius 1 is 1.26 bits per heavy atom. The fraction of sp³-hybridized carbons (Fsp3) is 0.353. The van der Waals surface area contributed by atoms with Crippen molar-refractivity contribution < 1.29 is 13.2 Å².